The molecule has 0 radical (unpaired) electrons. The van der Waals surface area contributed by atoms with Crippen LogP contribution in [0.1, 0.15) is 19.2 Å². The van der Waals surface area contributed by atoms with Crippen molar-refractivity contribution < 1.29 is 13.3 Å². The SMILES string of the molecule is COn1c(C2=CCC(C)N=C2)nc2cc(S(C)(=O)=O)ccc21. The van der Waals surface area contributed by atoms with E-state index in [1.54, 1.807) is 36.3 Å². The smallest absolute Gasteiger partial charge is 0.177 e. The second-order valence-electron chi connectivity index (χ2n) is 5.36. The minimum atomic E-state index is -3.27. The van der Waals surface area contributed by atoms with Crippen LogP contribution in [0.15, 0.2) is 34.2 Å². The van der Waals surface area contributed by atoms with Gasteiger partial charge in [0.2, 0.25) is 0 Å². The first-order chi connectivity index (χ1) is 10.4. The van der Waals surface area contributed by atoms with Gasteiger partial charge in [0.15, 0.2) is 15.7 Å². The fourth-order valence-electron chi connectivity index (χ4n) is 2.40. The molecule has 1 unspecified atom stereocenters. The van der Waals surface area contributed by atoms with Gasteiger partial charge in [-0.1, -0.05) is 6.08 Å². The van der Waals surface area contributed by atoms with Gasteiger partial charge in [0.25, 0.3) is 0 Å². The van der Waals surface area contributed by atoms with Crippen LogP contribution in [0.25, 0.3) is 16.6 Å². The first kappa shape index (κ1) is 14.8. The fourth-order valence-corrected chi connectivity index (χ4v) is 3.04. The monoisotopic (exact) mass is 319 g/mol. The van der Waals surface area contributed by atoms with Crippen LogP contribution in [0, 0.1) is 0 Å². The van der Waals surface area contributed by atoms with Crippen LogP contribution in [0.2, 0.25) is 0 Å². The number of hydrogen-bond acceptors (Lipinski definition) is 5. The highest BCUT2D eigenvalue weighted by atomic mass is 32.2. The number of aromatic nitrogens is 2. The number of hydrogen-bond donors (Lipinski definition) is 0. The molecule has 1 atom stereocenters. The van der Waals surface area contributed by atoms with Gasteiger partial charge in [0, 0.05) is 18.0 Å². The van der Waals surface area contributed by atoms with Gasteiger partial charge in [0.1, 0.15) is 12.6 Å². The molecule has 2 heterocycles. The Balaban J connectivity index is 2.18. The number of benzene rings is 1. The van der Waals surface area contributed by atoms with Gasteiger partial charge in [0.05, 0.1) is 16.5 Å². The Hall–Kier alpha value is -2.15. The van der Waals surface area contributed by atoms with E-state index in [9.17, 15) is 8.42 Å². The van der Waals surface area contributed by atoms with Crippen LogP contribution in [-0.4, -0.2) is 43.8 Å². The summed E-state index contributed by atoms with van der Waals surface area (Å²) < 4.78 is 24.9. The quantitative estimate of drug-likeness (QED) is 0.864. The zero-order valence-electron chi connectivity index (χ0n) is 12.6. The van der Waals surface area contributed by atoms with E-state index >= 15 is 0 Å². The Bertz CT molecular complexity index is 894. The molecule has 0 spiro atoms. The largest absolute Gasteiger partial charge is 0.415 e. The van der Waals surface area contributed by atoms with Gasteiger partial charge < -0.3 is 4.84 Å². The van der Waals surface area contributed by atoms with Gasteiger partial charge >= 0.3 is 0 Å². The van der Waals surface area contributed by atoms with Crippen molar-refractivity contribution in [2.24, 2.45) is 4.99 Å². The van der Waals surface area contributed by atoms with Gasteiger partial charge in [-0.25, -0.2) is 13.4 Å². The van der Waals surface area contributed by atoms with E-state index in [1.807, 2.05) is 6.92 Å². The highest BCUT2D eigenvalue weighted by Crippen LogP contribution is 2.24. The maximum atomic E-state index is 11.7. The van der Waals surface area contributed by atoms with E-state index in [1.165, 1.54) is 6.26 Å². The summed E-state index contributed by atoms with van der Waals surface area (Å²) in [5, 5.41) is 0. The van der Waals surface area contributed by atoms with E-state index < -0.39 is 9.84 Å². The van der Waals surface area contributed by atoms with Crippen LogP contribution >= 0.6 is 0 Å². The maximum Gasteiger partial charge on any atom is 0.177 e. The van der Waals surface area contributed by atoms with Crippen molar-refractivity contribution >= 4 is 32.7 Å². The van der Waals surface area contributed by atoms with Crippen molar-refractivity contribution in [3.05, 3.63) is 30.1 Å². The average molecular weight is 319 g/mol. The van der Waals surface area contributed by atoms with E-state index in [0.29, 0.717) is 11.3 Å². The van der Waals surface area contributed by atoms with Crippen LogP contribution in [0.5, 0.6) is 0 Å². The van der Waals surface area contributed by atoms with Crippen LogP contribution in [0.4, 0.5) is 0 Å². The molecule has 0 bridgehead atoms. The van der Waals surface area contributed by atoms with E-state index in [2.05, 4.69) is 16.1 Å². The van der Waals surface area contributed by atoms with Crippen LogP contribution in [-0.2, 0) is 9.84 Å². The van der Waals surface area contributed by atoms with Gasteiger partial charge in [-0.05, 0) is 31.5 Å². The summed E-state index contributed by atoms with van der Waals surface area (Å²) in [6.45, 7) is 2.04. The molecule has 0 fully saturated rings. The summed E-state index contributed by atoms with van der Waals surface area (Å²) in [6, 6.07) is 5.09. The first-order valence-electron chi connectivity index (χ1n) is 6.91. The number of aliphatic imine (C=N–C) groups is 1. The molecule has 22 heavy (non-hydrogen) atoms. The van der Waals surface area contributed by atoms with Crippen molar-refractivity contribution in [3.8, 4) is 0 Å². The second-order valence-corrected chi connectivity index (χ2v) is 7.37. The van der Waals surface area contributed by atoms with Gasteiger partial charge in [-0.3, -0.25) is 4.99 Å². The van der Waals surface area contributed by atoms with Crippen molar-refractivity contribution in [2.45, 2.75) is 24.3 Å². The summed E-state index contributed by atoms with van der Waals surface area (Å²) in [6.07, 6.45) is 5.86. The topological polar surface area (TPSA) is 73.5 Å². The molecule has 1 aliphatic heterocycles. The molecule has 1 aromatic carbocycles. The van der Waals surface area contributed by atoms with Crippen molar-refractivity contribution in [3.63, 3.8) is 0 Å². The standard InChI is InChI=1S/C15H17N3O3S/c1-10-4-5-11(9-16-10)15-17-13-8-12(22(3,19)20)6-7-14(13)18(15)21-2/h5-10H,4H2,1-3H3. The lowest BCUT2D eigenvalue weighted by molar-refractivity contribution is 0.175. The molecule has 0 N–H and O–H groups in total. The Morgan fingerprint density at radius 2 is 2.14 bits per heavy atom. The van der Waals surface area contributed by atoms with Crippen LogP contribution < -0.4 is 4.84 Å². The predicted molar refractivity (Wildman–Crippen MR) is 85.9 cm³/mol. The summed E-state index contributed by atoms with van der Waals surface area (Å²) in [5.41, 5.74) is 2.17. The number of nitrogens with zero attached hydrogens (tertiary/aromatic N) is 3. The first-order valence-corrected chi connectivity index (χ1v) is 8.80. The molecule has 0 aliphatic carbocycles. The normalized spacial score (nSPS) is 18.5. The lowest BCUT2D eigenvalue weighted by Gasteiger charge is -2.12. The zero-order valence-corrected chi connectivity index (χ0v) is 13.5. The molecular weight excluding hydrogens is 302 g/mol. The predicted octanol–water partition coefficient (Wildman–Crippen LogP) is 1.74. The zero-order chi connectivity index (χ0) is 15.9. The minimum absolute atomic E-state index is 0.243. The van der Waals surface area contributed by atoms with Gasteiger partial charge in [-0.2, -0.15) is 4.73 Å². The minimum Gasteiger partial charge on any atom is -0.415 e. The highest BCUT2D eigenvalue weighted by Gasteiger charge is 2.18. The Kier molecular flexibility index (Phi) is 3.52. The summed E-state index contributed by atoms with van der Waals surface area (Å²) in [4.78, 5) is 14.6. The number of dihydropyridines is 1. The average Bonchev–Trinajstić information content (AvgIpc) is 2.84. The summed E-state index contributed by atoms with van der Waals surface area (Å²) in [7, 11) is -1.71. The Morgan fingerprint density at radius 1 is 1.36 bits per heavy atom. The molecule has 0 saturated carbocycles. The molecule has 3 rings (SSSR count). The lowest BCUT2D eigenvalue weighted by atomic mass is 10.1. The molecule has 2 aromatic rings. The van der Waals surface area contributed by atoms with Crippen molar-refractivity contribution in [2.75, 3.05) is 13.4 Å². The number of imidazole rings is 1. The van der Waals surface area contributed by atoms with Crippen molar-refractivity contribution in [1.82, 2.24) is 9.71 Å². The highest BCUT2D eigenvalue weighted by molar-refractivity contribution is 7.90. The third-order valence-electron chi connectivity index (χ3n) is 3.60. The molecular formula is C15H17N3O3S. The third-order valence-corrected chi connectivity index (χ3v) is 4.71. The van der Waals surface area contributed by atoms with E-state index in [4.69, 9.17) is 4.84 Å². The Morgan fingerprint density at radius 3 is 2.73 bits per heavy atom. The molecule has 6 nitrogen and oxygen atoms in total. The Labute approximate surface area is 129 Å². The second kappa shape index (κ2) is 5.24. The maximum absolute atomic E-state index is 11.7. The number of sulfone groups is 1. The number of rotatable bonds is 3. The molecule has 0 amide bonds. The number of allylic oxidation sites excluding steroid dienone is 1. The van der Waals surface area contributed by atoms with Crippen molar-refractivity contribution in [1.29, 1.82) is 0 Å². The summed E-state index contributed by atoms with van der Waals surface area (Å²) >= 11 is 0. The summed E-state index contributed by atoms with van der Waals surface area (Å²) in [5.74, 6) is 0.624. The number of fused-ring (bicyclic) bond motifs is 1. The van der Waals surface area contributed by atoms with E-state index in [-0.39, 0.29) is 10.9 Å². The molecule has 7 heteroatoms. The molecule has 116 valence electrons. The molecule has 1 aliphatic rings. The molecule has 0 saturated heterocycles. The van der Waals surface area contributed by atoms with Crippen LogP contribution in [0.3, 0.4) is 0 Å². The lowest BCUT2D eigenvalue weighted by Crippen LogP contribution is -2.12. The molecule has 1 aromatic heterocycles. The third kappa shape index (κ3) is 2.52. The van der Waals surface area contributed by atoms with E-state index in [0.717, 1.165) is 17.5 Å². The fraction of sp³-hybridized carbons (Fsp3) is 0.333. The van der Waals surface area contributed by atoms with Gasteiger partial charge in [-0.15, -0.1) is 0 Å².